The predicted molar refractivity (Wildman–Crippen MR) is 166 cm³/mol. The van der Waals surface area contributed by atoms with E-state index < -0.39 is 23.9 Å². The molecule has 0 unspecified atom stereocenters. The van der Waals surface area contributed by atoms with Gasteiger partial charge in [-0.05, 0) is 71.0 Å². The average molecular weight is 602 g/mol. The van der Waals surface area contributed by atoms with Gasteiger partial charge in [-0.1, -0.05) is 39.5 Å². The van der Waals surface area contributed by atoms with Crippen molar-refractivity contribution in [1.29, 1.82) is 0 Å². The van der Waals surface area contributed by atoms with Crippen LogP contribution >= 0.6 is 0 Å². The van der Waals surface area contributed by atoms with Crippen LogP contribution in [0.25, 0.3) is 0 Å². The van der Waals surface area contributed by atoms with Crippen molar-refractivity contribution in [2.24, 2.45) is 5.92 Å². The van der Waals surface area contributed by atoms with Gasteiger partial charge >= 0.3 is 6.01 Å². The SMILES string of the molecule is CCCN(CCC)CCCC[C@H](NC(=O)[C@@H](NC(=O)CCCC#Cc1cnc(O)nc1)C(C)C)C(=O)NCC(=O)NCC. The highest BCUT2D eigenvalue weighted by atomic mass is 16.3. The van der Waals surface area contributed by atoms with Gasteiger partial charge in [-0.25, -0.2) is 9.97 Å². The number of amides is 4. The van der Waals surface area contributed by atoms with Crippen LogP contribution in [0.4, 0.5) is 0 Å². The second-order valence-electron chi connectivity index (χ2n) is 10.8. The summed E-state index contributed by atoms with van der Waals surface area (Å²) in [5.41, 5.74) is 0.558. The van der Waals surface area contributed by atoms with E-state index in [1.807, 2.05) is 13.8 Å². The molecule has 0 spiro atoms. The summed E-state index contributed by atoms with van der Waals surface area (Å²) in [7, 11) is 0. The minimum atomic E-state index is -0.829. The minimum absolute atomic E-state index is 0.174. The number of carbonyl (C=O) groups is 4. The van der Waals surface area contributed by atoms with Crippen LogP contribution in [-0.4, -0.2) is 88.4 Å². The predicted octanol–water partition coefficient (Wildman–Crippen LogP) is 1.87. The fourth-order valence-corrected chi connectivity index (χ4v) is 4.40. The van der Waals surface area contributed by atoms with E-state index in [2.05, 4.69) is 61.8 Å². The van der Waals surface area contributed by atoms with E-state index in [1.165, 1.54) is 12.4 Å². The molecule has 0 fully saturated rings. The lowest BCUT2D eigenvalue weighted by Crippen LogP contribution is -2.56. The zero-order chi connectivity index (χ0) is 32.0. The summed E-state index contributed by atoms with van der Waals surface area (Å²) in [6.45, 7) is 13.0. The highest BCUT2D eigenvalue weighted by Crippen LogP contribution is 2.09. The Kier molecular flexibility index (Phi) is 19.0. The number of aromatic nitrogens is 2. The number of rotatable bonds is 20. The Morgan fingerprint density at radius 2 is 1.56 bits per heavy atom. The number of aromatic hydroxyl groups is 1. The van der Waals surface area contributed by atoms with Crippen LogP contribution in [0.2, 0.25) is 0 Å². The van der Waals surface area contributed by atoms with E-state index in [4.69, 9.17) is 5.11 Å². The molecule has 0 aliphatic carbocycles. The zero-order valence-electron chi connectivity index (χ0n) is 26.5. The number of carbonyl (C=O) groups excluding carboxylic acids is 4. The number of hydrogen-bond donors (Lipinski definition) is 5. The van der Waals surface area contributed by atoms with Gasteiger partial charge in [0.15, 0.2) is 0 Å². The standard InChI is InChI=1S/C31H51N7O5/c1-6-17-38(18-7-2)19-13-12-15-25(29(41)33-22-27(40)32-8-3)36-30(42)28(23(4)5)37-26(39)16-11-9-10-14-24-20-34-31(43)35-21-24/h20-21,23,25,28H,6-9,11-13,15-19,22H2,1-5H3,(H,32,40)(H,33,41)(H,36,42)(H,37,39)(H,34,35,43)/t25-,28-/m0/s1. The number of likely N-dealkylation sites (N-methyl/N-ethyl adjacent to an activating group) is 1. The van der Waals surface area contributed by atoms with Gasteiger partial charge in [-0.15, -0.1) is 0 Å². The molecule has 43 heavy (non-hydrogen) atoms. The van der Waals surface area contributed by atoms with Crippen LogP contribution in [0.5, 0.6) is 6.01 Å². The van der Waals surface area contributed by atoms with Crippen LogP contribution in [0.3, 0.4) is 0 Å². The Morgan fingerprint density at radius 3 is 2.16 bits per heavy atom. The second-order valence-corrected chi connectivity index (χ2v) is 10.8. The molecule has 1 rings (SSSR count). The van der Waals surface area contributed by atoms with Crippen LogP contribution in [-0.2, 0) is 19.2 Å². The highest BCUT2D eigenvalue weighted by Gasteiger charge is 2.28. The number of hydrogen-bond acceptors (Lipinski definition) is 8. The molecule has 1 aromatic heterocycles. The fraction of sp³-hybridized carbons (Fsp3) is 0.677. The number of nitrogens with zero attached hydrogens (tertiary/aromatic N) is 3. The molecule has 0 saturated carbocycles. The molecule has 0 radical (unpaired) electrons. The first-order chi connectivity index (χ1) is 20.6. The molecule has 0 saturated heterocycles. The third-order valence-corrected chi connectivity index (χ3v) is 6.57. The molecule has 4 amide bonds. The maximum atomic E-state index is 13.3. The third-order valence-electron chi connectivity index (χ3n) is 6.57. The summed E-state index contributed by atoms with van der Waals surface area (Å²) in [5.74, 6) is 4.15. The van der Waals surface area contributed by atoms with E-state index in [0.29, 0.717) is 31.4 Å². The third kappa shape index (κ3) is 16.5. The zero-order valence-corrected chi connectivity index (χ0v) is 26.5. The summed E-state index contributed by atoms with van der Waals surface area (Å²) in [6, 6.07) is -1.97. The minimum Gasteiger partial charge on any atom is -0.479 e. The monoisotopic (exact) mass is 601 g/mol. The first kappa shape index (κ1) is 37.3. The molecule has 5 N–H and O–H groups in total. The van der Waals surface area contributed by atoms with E-state index >= 15 is 0 Å². The van der Waals surface area contributed by atoms with E-state index in [1.54, 1.807) is 6.92 Å². The van der Waals surface area contributed by atoms with Gasteiger partial charge in [-0.3, -0.25) is 19.2 Å². The smallest absolute Gasteiger partial charge is 0.313 e. The van der Waals surface area contributed by atoms with Crippen molar-refractivity contribution >= 4 is 23.6 Å². The topological polar surface area (TPSA) is 166 Å². The Balaban J connectivity index is 2.74. The normalized spacial score (nSPS) is 12.2. The van der Waals surface area contributed by atoms with Gasteiger partial charge in [0.1, 0.15) is 12.1 Å². The van der Waals surface area contributed by atoms with Crippen molar-refractivity contribution in [3.63, 3.8) is 0 Å². The van der Waals surface area contributed by atoms with Crippen molar-refractivity contribution in [3.8, 4) is 17.9 Å². The fourth-order valence-electron chi connectivity index (χ4n) is 4.40. The molecular formula is C31H51N7O5. The Morgan fingerprint density at radius 1 is 0.884 bits per heavy atom. The quantitative estimate of drug-likeness (QED) is 0.112. The largest absolute Gasteiger partial charge is 0.479 e. The lowest BCUT2D eigenvalue weighted by Gasteiger charge is -2.26. The van der Waals surface area contributed by atoms with Gasteiger partial charge in [0.25, 0.3) is 0 Å². The summed E-state index contributed by atoms with van der Waals surface area (Å²) < 4.78 is 0. The van der Waals surface area contributed by atoms with Crippen molar-refractivity contribution in [3.05, 3.63) is 18.0 Å². The number of unbranched alkanes of at least 4 members (excludes halogenated alkanes) is 2. The molecular weight excluding hydrogens is 550 g/mol. The first-order valence-electron chi connectivity index (χ1n) is 15.5. The summed E-state index contributed by atoms with van der Waals surface area (Å²) in [4.78, 5) is 60.6. The van der Waals surface area contributed by atoms with Crippen LogP contribution in [0.15, 0.2) is 12.4 Å². The Bertz CT molecular complexity index is 1050. The molecule has 1 aromatic rings. The van der Waals surface area contributed by atoms with E-state index in [-0.39, 0.29) is 36.7 Å². The van der Waals surface area contributed by atoms with E-state index in [9.17, 15) is 19.2 Å². The highest BCUT2D eigenvalue weighted by molar-refractivity contribution is 5.93. The summed E-state index contributed by atoms with van der Waals surface area (Å²) in [6.07, 6.45) is 8.11. The van der Waals surface area contributed by atoms with Crippen LogP contribution in [0, 0.1) is 17.8 Å². The molecule has 240 valence electrons. The molecule has 0 aliphatic rings. The summed E-state index contributed by atoms with van der Waals surface area (Å²) >= 11 is 0. The molecule has 12 heteroatoms. The van der Waals surface area contributed by atoms with Gasteiger partial charge < -0.3 is 31.3 Å². The lowest BCUT2D eigenvalue weighted by atomic mass is 10.0. The van der Waals surface area contributed by atoms with Crippen LogP contribution in [0.1, 0.15) is 91.5 Å². The molecule has 2 atom stereocenters. The Hall–Kier alpha value is -3.72. The second kappa shape index (κ2) is 21.9. The molecule has 1 heterocycles. The van der Waals surface area contributed by atoms with Gasteiger partial charge in [-0.2, -0.15) is 0 Å². The molecule has 0 bridgehead atoms. The summed E-state index contributed by atoms with van der Waals surface area (Å²) in [5, 5.41) is 20.0. The first-order valence-corrected chi connectivity index (χ1v) is 15.5. The Labute approximate surface area is 256 Å². The maximum absolute atomic E-state index is 13.3. The van der Waals surface area contributed by atoms with Gasteiger partial charge in [0, 0.05) is 31.8 Å². The van der Waals surface area contributed by atoms with Gasteiger partial charge in [0.05, 0.1) is 12.1 Å². The molecule has 0 aromatic carbocycles. The van der Waals surface area contributed by atoms with Crippen molar-refractivity contribution < 1.29 is 24.3 Å². The number of nitrogens with one attached hydrogen (secondary N) is 4. The lowest BCUT2D eigenvalue weighted by molar-refractivity contribution is -0.133. The van der Waals surface area contributed by atoms with Crippen molar-refractivity contribution in [2.45, 2.75) is 98.1 Å². The van der Waals surface area contributed by atoms with E-state index in [0.717, 1.165) is 45.3 Å². The average Bonchev–Trinajstić information content (AvgIpc) is 2.97. The maximum Gasteiger partial charge on any atom is 0.313 e. The van der Waals surface area contributed by atoms with Crippen molar-refractivity contribution in [2.75, 3.05) is 32.7 Å². The van der Waals surface area contributed by atoms with Crippen LogP contribution < -0.4 is 21.3 Å². The van der Waals surface area contributed by atoms with Gasteiger partial charge in [0.2, 0.25) is 23.6 Å². The van der Waals surface area contributed by atoms with Crippen molar-refractivity contribution in [1.82, 2.24) is 36.1 Å². The molecule has 0 aliphatic heterocycles. The molecule has 12 nitrogen and oxygen atoms in total.